The maximum atomic E-state index is 5.89. The largest absolute Gasteiger partial charge is 0.449 e. The van der Waals surface area contributed by atoms with Crippen molar-refractivity contribution in [2.24, 2.45) is 0 Å². The number of aryl methyl sites for hydroxylation is 1. The van der Waals surface area contributed by atoms with Gasteiger partial charge >= 0.3 is 6.01 Å². The first kappa shape index (κ1) is 13.2. The second-order valence-corrected chi connectivity index (χ2v) is 4.68. The van der Waals surface area contributed by atoms with E-state index in [1.54, 1.807) is 19.1 Å². The Bertz CT molecular complexity index is 977. The van der Waals surface area contributed by atoms with Gasteiger partial charge in [-0.15, -0.1) is 5.10 Å². The molecule has 2 N–H and O–H groups in total. The molecule has 0 radical (unpaired) electrons. The van der Waals surface area contributed by atoms with Crippen molar-refractivity contribution in [2.45, 2.75) is 6.92 Å². The molecule has 9 nitrogen and oxygen atoms in total. The van der Waals surface area contributed by atoms with Crippen molar-refractivity contribution in [2.75, 3.05) is 5.73 Å². The van der Waals surface area contributed by atoms with Gasteiger partial charge in [-0.05, 0) is 12.1 Å². The fraction of sp³-hybridized carbons (Fsp3) is 0.0714. The Balaban J connectivity index is 1.75. The minimum atomic E-state index is 0.0940. The Kier molecular flexibility index (Phi) is 2.90. The van der Waals surface area contributed by atoms with Gasteiger partial charge in [0.2, 0.25) is 11.8 Å². The van der Waals surface area contributed by atoms with Gasteiger partial charge in [-0.2, -0.15) is 19.5 Å². The van der Waals surface area contributed by atoms with Gasteiger partial charge in [0.15, 0.2) is 5.89 Å². The Morgan fingerprint density at radius 3 is 2.65 bits per heavy atom. The molecule has 0 fully saturated rings. The number of para-hydroxylation sites is 1. The standard InChI is InChI=1S/C14H11N7O2/c1-8-16-10(7-22-8)11-17-13-19-14(18-12(15)21(13)20-11)23-9-5-3-2-4-6-9/h2-7H,1H3,(H2,15,17,18,19,20). The molecule has 0 saturated carbocycles. The summed E-state index contributed by atoms with van der Waals surface area (Å²) in [5, 5.41) is 4.22. The summed E-state index contributed by atoms with van der Waals surface area (Å²) in [5.41, 5.74) is 6.39. The number of hydrogen-bond donors (Lipinski definition) is 1. The summed E-state index contributed by atoms with van der Waals surface area (Å²) in [5.74, 6) is 1.84. The zero-order valence-electron chi connectivity index (χ0n) is 12.0. The summed E-state index contributed by atoms with van der Waals surface area (Å²) in [6.07, 6.45) is 1.47. The number of aromatic nitrogens is 6. The lowest BCUT2D eigenvalue weighted by Gasteiger charge is -2.03. The van der Waals surface area contributed by atoms with E-state index < -0.39 is 0 Å². The summed E-state index contributed by atoms with van der Waals surface area (Å²) in [6, 6.07) is 9.25. The van der Waals surface area contributed by atoms with E-state index in [1.165, 1.54) is 10.8 Å². The van der Waals surface area contributed by atoms with Crippen LogP contribution in [0.1, 0.15) is 5.89 Å². The molecule has 0 aliphatic heterocycles. The van der Waals surface area contributed by atoms with Crippen LogP contribution in [0.4, 0.5) is 5.95 Å². The topological polar surface area (TPSA) is 117 Å². The zero-order chi connectivity index (χ0) is 15.8. The average molecular weight is 309 g/mol. The van der Waals surface area contributed by atoms with E-state index in [0.29, 0.717) is 23.2 Å². The molecule has 0 amide bonds. The van der Waals surface area contributed by atoms with E-state index in [4.69, 9.17) is 14.9 Å². The maximum absolute atomic E-state index is 5.89. The number of ether oxygens (including phenoxy) is 1. The number of nitrogens with two attached hydrogens (primary N) is 1. The van der Waals surface area contributed by atoms with E-state index in [9.17, 15) is 0 Å². The van der Waals surface area contributed by atoms with Crippen LogP contribution in [0.25, 0.3) is 17.3 Å². The Morgan fingerprint density at radius 1 is 1.09 bits per heavy atom. The molecule has 9 heteroatoms. The van der Waals surface area contributed by atoms with Crippen LogP contribution in [0.15, 0.2) is 41.0 Å². The number of anilines is 1. The number of rotatable bonds is 3. The van der Waals surface area contributed by atoms with E-state index >= 15 is 0 Å². The van der Waals surface area contributed by atoms with Crippen molar-refractivity contribution in [3.8, 4) is 23.3 Å². The minimum Gasteiger partial charge on any atom is -0.449 e. The van der Waals surface area contributed by atoms with E-state index in [-0.39, 0.29) is 17.7 Å². The molecule has 1 aromatic carbocycles. The van der Waals surface area contributed by atoms with E-state index in [2.05, 4.69) is 25.0 Å². The first-order chi connectivity index (χ1) is 11.2. The molecule has 4 aromatic rings. The van der Waals surface area contributed by atoms with Gasteiger partial charge in [-0.25, -0.2) is 4.98 Å². The van der Waals surface area contributed by atoms with Crippen LogP contribution in [0, 0.1) is 6.92 Å². The molecule has 23 heavy (non-hydrogen) atoms. The van der Waals surface area contributed by atoms with Gasteiger partial charge in [0.1, 0.15) is 17.7 Å². The molecule has 0 atom stereocenters. The van der Waals surface area contributed by atoms with Gasteiger partial charge in [0.05, 0.1) is 0 Å². The lowest BCUT2D eigenvalue weighted by Crippen LogP contribution is -2.05. The highest BCUT2D eigenvalue weighted by atomic mass is 16.5. The second kappa shape index (κ2) is 5.05. The van der Waals surface area contributed by atoms with E-state index in [1.807, 2.05) is 18.2 Å². The zero-order valence-corrected chi connectivity index (χ0v) is 12.0. The smallest absolute Gasteiger partial charge is 0.328 e. The van der Waals surface area contributed by atoms with Crippen LogP contribution in [-0.2, 0) is 0 Å². The van der Waals surface area contributed by atoms with Crippen LogP contribution in [-0.4, -0.2) is 29.5 Å². The first-order valence-corrected chi connectivity index (χ1v) is 6.75. The fourth-order valence-electron chi connectivity index (χ4n) is 2.00. The molecular weight excluding hydrogens is 298 g/mol. The average Bonchev–Trinajstić information content (AvgIpc) is 3.14. The molecule has 0 aliphatic carbocycles. The van der Waals surface area contributed by atoms with Gasteiger partial charge in [0, 0.05) is 6.92 Å². The third-order valence-corrected chi connectivity index (χ3v) is 3.01. The predicted octanol–water partition coefficient (Wildman–Crippen LogP) is 1.86. The maximum Gasteiger partial charge on any atom is 0.328 e. The summed E-state index contributed by atoms with van der Waals surface area (Å²) >= 11 is 0. The summed E-state index contributed by atoms with van der Waals surface area (Å²) in [4.78, 5) is 16.7. The van der Waals surface area contributed by atoms with Crippen LogP contribution in [0.3, 0.4) is 0 Å². The Labute approximate surface area is 129 Å². The number of nitrogens with zero attached hydrogens (tertiary/aromatic N) is 6. The first-order valence-electron chi connectivity index (χ1n) is 6.75. The van der Waals surface area contributed by atoms with Crippen molar-refractivity contribution < 1.29 is 9.15 Å². The molecule has 0 saturated heterocycles. The van der Waals surface area contributed by atoms with Crippen LogP contribution in [0.5, 0.6) is 11.8 Å². The third-order valence-electron chi connectivity index (χ3n) is 3.01. The highest BCUT2D eigenvalue weighted by Gasteiger charge is 2.15. The van der Waals surface area contributed by atoms with Crippen molar-refractivity contribution in [3.63, 3.8) is 0 Å². The molecule has 114 valence electrons. The number of hydrogen-bond acceptors (Lipinski definition) is 8. The molecule has 3 aromatic heterocycles. The van der Waals surface area contributed by atoms with Crippen molar-refractivity contribution in [1.29, 1.82) is 0 Å². The highest BCUT2D eigenvalue weighted by Crippen LogP contribution is 2.20. The van der Waals surface area contributed by atoms with Crippen LogP contribution < -0.4 is 10.5 Å². The summed E-state index contributed by atoms with van der Waals surface area (Å²) in [7, 11) is 0. The molecular formula is C14H11N7O2. The normalized spacial score (nSPS) is 11.0. The van der Waals surface area contributed by atoms with Gasteiger partial charge < -0.3 is 14.9 Å². The fourth-order valence-corrected chi connectivity index (χ4v) is 2.00. The number of fused-ring (bicyclic) bond motifs is 1. The van der Waals surface area contributed by atoms with Crippen molar-refractivity contribution in [3.05, 3.63) is 42.5 Å². The Hall–Kier alpha value is -3.49. The van der Waals surface area contributed by atoms with Crippen LogP contribution in [0.2, 0.25) is 0 Å². The van der Waals surface area contributed by atoms with Crippen molar-refractivity contribution >= 4 is 11.7 Å². The van der Waals surface area contributed by atoms with Crippen LogP contribution >= 0.6 is 0 Å². The lowest BCUT2D eigenvalue weighted by atomic mass is 10.3. The number of benzene rings is 1. The quantitative estimate of drug-likeness (QED) is 0.609. The molecule has 0 unspecified atom stereocenters. The van der Waals surface area contributed by atoms with Gasteiger partial charge in [0.25, 0.3) is 5.78 Å². The number of nitrogen functional groups attached to an aromatic ring is 1. The van der Waals surface area contributed by atoms with Crippen molar-refractivity contribution in [1.82, 2.24) is 29.5 Å². The number of oxazole rings is 1. The third kappa shape index (κ3) is 2.44. The van der Waals surface area contributed by atoms with E-state index in [0.717, 1.165) is 0 Å². The van der Waals surface area contributed by atoms with Gasteiger partial charge in [-0.3, -0.25) is 0 Å². The molecule has 3 heterocycles. The highest BCUT2D eigenvalue weighted by molar-refractivity contribution is 5.52. The molecule has 0 spiro atoms. The SMILES string of the molecule is Cc1nc(-c2nc3nc(Oc4ccccc4)nc(N)n3n2)co1. The Morgan fingerprint density at radius 2 is 1.91 bits per heavy atom. The summed E-state index contributed by atoms with van der Waals surface area (Å²) < 4.78 is 12.0. The monoisotopic (exact) mass is 309 g/mol. The minimum absolute atomic E-state index is 0.0940. The lowest BCUT2D eigenvalue weighted by molar-refractivity contribution is 0.441. The molecule has 0 bridgehead atoms. The summed E-state index contributed by atoms with van der Waals surface area (Å²) in [6.45, 7) is 1.74. The van der Waals surface area contributed by atoms with Gasteiger partial charge in [-0.1, -0.05) is 18.2 Å². The second-order valence-electron chi connectivity index (χ2n) is 4.68. The predicted molar refractivity (Wildman–Crippen MR) is 79.7 cm³/mol. The molecule has 0 aliphatic rings. The molecule has 4 rings (SSSR count).